The number of carbonyl (C=O) groups excluding carboxylic acids is 1. The number of anilines is 1. The van der Waals surface area contributed by atoms with Crippen LogP contribution in [0.2, 0.25) is 0 Å². The van der Waals surface area contributed by atoms with Crippen molar-refractivity contribution < 1.29 is 4.79 Å². The molecule has 2 N–H and O–H groups in total. The van der Waals surface area contributed by atoms with Gasteiger partial charge in [0.05, 0.1) is 6.54 Å². The molecule has 20 heavy (non-hydrogen) atoms. The molecule has 1 amide bonds. The lowest BCUT2D eigenvalue weighted by Crippen LogP contribution is -2.31. The molecule has 1 aliphatic rings. The van der Waals surface area contributed by atoms with Gasteiger partial charge < -0.3 is 10.6 Å². The van der Waals surface area contributed by atoms with Crippen molar-refractivity contribution in [1.82, 2.24) is 5.32 Å². The Hall–Kier alpha value is -1.04. The first kappa shape index (κ1) is 15.4. The van der Waals surface area contributed by atoms with Crippen molar-refractivity contribution >= 4 is 34.2 Å². The fraction of sp³-hybridized carbons (Fsp3) is 0.438. The van der Waals surface area contributed by atoms with Gasteiger partial charge in [-0.3, -0.25) is 4.79 Å². The number of allylic oxidation sites excluding steroid dienone is 1. The Labute approximate surface area is 134 Å². The number of halogens is 1. The molecule has 0 aliphatic heterocycles. The summed E-state index contributed by atoms with van der Waals surface area (Å²) < 4.78 is 1.13. The summed E-state index contributed by atoms with van der Waals surface area (Å²) in [5.74, 6) is 0.0565. The van der Waals surface area contributed by atoms with E-state index in [1.165, 1.54) is 31.3 Å². The Morgan fingerprint density at radius 3 is 2.85 bits per heavy atom. The molecular weight excluding hydrogens is 363 g/mol. The van der Waals surface area contributed by atoms with E-state index in [4.69, 9.17) is 0 Å². The highest BCUT2D eigenvalue weighted by molar-refractivity contribution is 14.1. The fourth-order valence-electron chi connectivity index (χ4n) is 2.34. The van der Waals surface area contributed by atoms with Crippen LogP contribution >= 0.6 is 22.6 Å². The van der Waals surface area contributed by atoms with Gasteiger partial charge in [-0.15, -0.1) is 0 Å². The quantitative estimate of drug-likeness (QED) is 0.580. The van der Waals surface area contributed by atoms with E-state index in [2.05, 4.69) is 39.3 Å². The minimum Gasteiger partial charge on any atom is -0.375 e. The molecule has 0 fully saturated rings. The van der Waals surface area contributed by atoms with Crippen LogP contribution in [-0.4, -0.2) is 19.0 Å². The molecule has 0 unspecified atom stereocenters. The lowest BCUT2D eigenvalue weighted by molar-refractivity contribution is -0.119. The maximum absolute atomic E-state index is 11.8. The molecule has 0 bridgehead atoms. The third kappa shape index (κ3) is 5.15. The Kier molecular flexibility index (Phi) is 6.36. The van der Waals surface area contributed by atoms with Gasteiger partial charge in [0.2, 0.25) is 5.91 Å². The molecule has 0 atom stereocenters. The van der Waals surface area contributed by atoms with Crippen molar-refractivity contribution in [3.63, 3.8) is 0 Å². The first-order valence-electron chi connectivity index (χ1n) is 7.19. The number of carbonyl (C=O) groups is 1. The van der Waals surface area contributed by atoms with Crippen molar-refractivity contribution in [3.8, 4) is 0 Å². The molecule has 1 aromatic rings. The highest BCUT2D eigenvalue weighted by Gasteiger charge is 2.05. The summed E-state index contributed by atoms with van der Waals surface area (Å²) in [5, 5.41) is 6.14. The zero-order valence-corrected chi connectivity index (χ0v) is 13.8. The van der Waals surface area contributed by atoms with Crippen molar-refractivity contribution in [2.24, 2.45) is 0 Å². The van der Waals surface area contributed by atoms with E-state index in [9.17, 15) is 4.79 Å². The minimum absolute atomic E-state index is 0.0565. The van der Waals surface area contributed by atoms with Gasteiger partial charge in [-0.1, -0.05) is 23.8 Å². The number of hydrogen-bond donors (Lipinski definition) is 2. The number of para-hydroxylation sites is 1. The largest absolute Gasteiger partial charge is 0.375 e. The molecule has 0 saturated carbocycles. The zero-order chi connectivity index (χ0) is 14.2. The van der Waals surface area contributed by atoms with Crippen LogP contribution in [0.3, 0.4) is 0 Å². The van der Waals surface area contributed by atoms with Gasteiger partial charge in [-0.05, 0) is 66.8 Å². The van der Waals surface area contributed by atoms with Gasteiger partial charge in [0, 0.05) is 15.8 Å². The van der Waals surface area contributed by atoms with Crippen LogP contribution in [0.25, 0.3) is 0 Å². The summed E-state index contributed by atoms with van der Waals surface area (Å²) in [7, 11) is 0. The molecule has 4 heteroatoms. The third-order valence-corrected chi connectivity index (χ3v) is 4.41. The van der Waals surface area contributed by atoms with E-state index >= 15 is 0 Å². The molecule has 108 valence electrons. The Morgan fingerprint density at radius 2 is 2.10 bits per heavy atom. The van der Waals surface area contributed by atoms with Gasteiger partial charge in [-0.2, -0.15) is 0 Å². The first-order chi connectivity index (χ1) is 9.75. The smallest absolute Gasteiger partial charge is 0.239 e. The molecule has 0 heterocycles. The highest BCUT2D eigenvalue weighted by atomic mass is 127. The molecule has 0 spiro atoms. The maximum Gasteiger partial charge on any atom is 0.239 e. The minimum atomic E-state index is 0.0565. The van der Waals surface area contributed by atoms with Gasteiger partial charge in [0.25, 0.3) is 0 Å². The van der Waals surface area contributed by atoms with Gasteiger partial charge >= 0.3 is 0 Å². The normalized spacial score (nSPS) is 14.6. The van der Waals surface area contributed by atoms with Crippen LogP contribution in [0, 0.1) is 3.57 Å². The van der Waals surface area contributed by atoms with Crippen LogP contribution in [0.1, 0.15) is 32.1 Å². The van der Waals surface area contributed by atoms with E-state index in [1.807, 2.05) is 24.3 Å². The summed E-state index contributed by atoms with van der Waals surface area (Å²) in [6.45, 7) is 1.08. The second-order valence-corrected chi connectivity index (χ2v) is 6.20. The lowest BCUT2D eigenvalue weighted by Gasteiger charge is -2.13. The summed E-state index contributed by atoms with van der Waals surface area (Å²) >= 11 is 2.26. The van der Waals surface area contributed by atoms with E-state index in [0.29, 0.717) is 6.54 Å². The molecule has 3 nitrogen and oxygen atoms in total. The first-order valence-corrected chi connectivity index (χ1v) is 8.26. The summed E-state index contributed by atoms with van der Waals surface area (Å²) in [6, 6.07) is 7.97. The van der Waals surface area contributed by atoms with Crippen molar-refractivity contribution in [1.29, 1.82) is 0 Å². The van der Waals surface area contributed by atoms with Crippen molar-refractivity contribution in [3.05, 3.63) is 39.5 Å². The van der Waals surface area contributed by atoms with Crippen LogP contribution in [-0.2, 0) is 4.79 Å². The molecule has 0 saturated heterocycles. The number of rotatable bonds is 6. The fourth-order valence-corrected chi connectivity index (χ4v) is 2.91. The Balaban J connectivity index is 1.65. The molecule has 0 aromatic heterocycles. The van der Waals surface area contributed by atoms with E-state index in [-0.39, 0.29) is 5.91 Å². The second-order valence-electron chi connectivity index (χ2n) is 5.04. The predicted octanol–water partition coefficient (Wildman–Crippen LogP) is 3.71. The van der Waals surface area contributed by atoms with E-state index in [0.717, 1.165) is 22.2 Å². The molecule has 0 radical (unpaired) electrons. The van der Waals surface area contributed by atoms with Crippen LogP contribution in [0.15, 0.2) is 35.9 Å². The number of amides is 1. The highest BCUT2D eigenvalue weighted by Crippen LogP contribution is 2.19. The number of nitrogens with one attached hydrogen (secondary N) is 2. The standard InChI is InChI=1S/C16H21IN2O/c17-14-8-4-5-9-15(14)19-12-16(20)18-11-10-13-6-2-1-3-7-13/h4-6,8-9,19H,1-3,7,10-12H2,(H,18,20). The van der Waals surface area contributed by atoms with Crippen LogP contribution in [0.5, 0.6) is 0 Å². The third-order valence-electron chi connectivity index (χ3n) is 3.47. The Bertz CT molecular complexity index is 485. The molecule has 1 aliphatic carbocycles. The molecule has 2 rings (SSSR count). The van der Waals surface area contributed by atoms with Gasteiger partial charge in [0.1, 0.15) is 0 Å². The average molecular weight is 384 g/mol. The van der Waals surface area contributed by atoms with Gasteiger partial charge in [0.15, 0.2) is 0 Å². The summed E-state index contributed by atoms with van der Waals surface area (Å²) in [4.78, 5) is 11.8. The second kappa shape index (κ2) is 8.29. The van der Waals surface area contributed by atoms with Gasteiger partial charge in [-0.25, -0.2) is 0 Å². The predicted molar refractivity (Wildman–Crippen MR) is 91.8 cm³/mol. The molecular formula is C16H21IN2O. The van der Waals surface area contributed by atoms with Crippen molar-refractivity contribution in [2.45, 2.75) is 32.1 Å². The lowest BCUT2D eigenvalue weighted by atomic mass is 9.97. The number of hydrogen-bond acceptors (Lipinski definition) is 2. The Morgan fingerprint density at radius 1 is 1.25 bits per heavy atom. The van der Waals surface area contributed by atoms with Crippen LogP contribution in [0.4, 0.5) is 5.69 Å². The topological polar surface area (TPSA) is 41.1 Å². The molecule has 1 aromatic carbocycles. The SMILES string of the molecule is O=C(CNc1ccccc1I)NCCC1=CCCCC1. The average Bonchev–Trinajstić information content (AvgIpc) is 2.47. The van der Waals surface area contributed by atoms with Crippen LogP contribution < -0.4 is 10.6 Å². The van der Waals surface area contributed by atoms with E-state index < -0.39 is 0 Å². The number of benzene rings is 1. The monoisotopic (exact) mass is 384 g/mol. The summed E-state index contributed by atoms with van der Waals surface area (Å²) in [6.07, 6.45) is 8.35. The summed E-state index contributed by atoms with van der Waals surface area (Å²) in [5.41, 5.74) is 2.51. The van der Waals surface area contributed by atoms with Crippen molar-refractivity contribution in [2.75, 3.05) is 18.4 Å². The van der Waals surface area contributed by atoms with E-state index in [1.54, 1.807) is 0 Å². The zero-order valence-electron chi connectivity index (χ0n) is 11.6. The maximum atomic E-state index is 11.8.